The molecule has 0 radical (unpaired) electrons. The zero-order valence-electron chi connectivity index (χ0n) is 9.27. The van der Waals surface area contributed by atoms with Crippen LogP contribution < -0.4 is 5.32 Å². The van der Waals surface area contributed by atoms with Gasteiger partial charge in [-0.1, -0.05) is 15.9 Å². The van der Waals surface area contributed by atoms with E-state index in [0.717, 1.165) is 12.8 Å². The maximum atomic E-state index is 11.9. The molecule has 1 aliphatic carbocycles. The summed E-state index contributed by atoms with van der Waals surface area (Å²) in [6.07, 6.45) is 1.88. The van der Waals surface area contributed by atoms with Crippen LogP contribution in [-0.2, 0) is 7.05 Å². The van der Waals surface area contributed by atoms with E-state index >= 15 is 0 Å². The van der Waals surface area contributed by atoms with Gasteiger partial charge < -0.3 is 15.4 Å². The van der Waals surface area contributed by atoms with Crippen molar-refractivity contribution in [2.45, 2.75) is 18.4 Å². The van der Waals surface area contributed by atoms with Crippen LogP contribution in [0.2, 0.25) is 0 Å². The summed E-state index contributed by atoms with van der Waals surface area (Å²) in [6, 6.07) is 2.81. The van der Waals surface area contributed by atoms with Crippen molar-refractivity contribution in [2.24, 2.45) is 7.05 Å². The second-order valence-electron chi connectivity index (χ2n) is 4.26. The second kappa shape index (κ2) is 4.14. The number of nitrogens with zero attached hydrogens (tertiary/aromatic N) is 2. The van der Waals surface area contributed by atoms with Gasteiger partial charge in [0.1, 0.15) is 0 Å². The Kier molecular flexibility index (Phi) is 2.94. The molecule has 0 aromatic carbocycles. The molecule has 1 heterocycles. The van der Waals surface area contributed by atoms with Gasteiger partial charge in [-0.05, 0) is 23.8 Å². The molecular formula is C10H12BrN3O3. The van der Waals surface area contributed by atoms with Crippen molar-refractivity contribution in [2.75, 3.05) is 5.33 Å². The molecular weight excluding hydrogens is 290 g/mol. The highest BCUT2D eigenvalue weighted by Gasteiger charge is 2.43. The van der Waals surface area contributed by atoms with Crippen molar-refractivity contribution in [3.8, 4) is 0 Å². The van der Waals surface area contributed by atoms with Gasteiger partial charge in [-0.25, -0.2) is 4.57 Å². The largest absolute Gasteiger partial charge is 0.358 e. The first kappa shape index (κ1) is 12.1. The minimum Gasteiger partial charge on any atom is -0.358 e. The van der Waals surface area contributed by atoms with Crippen LogP contribution in [0.25, 0.3) is 0 Å². The van der Waals surface area contributed by atoms with Gasteiger partial charge in [-0.2, -0.15) is 0 Å². The fraction of sp³-hybridized carbons (Fsp3) is 0.500. The Balaban J connectivity index is 2.17. The molecule has 0 atom stereocenters. The van der Waals surface area contributed by atoms with Crippen molar-refractivity contribution in [1.29, 1.82) is 0 Å². The van der Waals surface area contributed by atoms with E-state index in [2.05, 4.69) is 21.2 Å². The van der Waals surface area contributed by atoms with Crippen LogP contribution in [0.15, 0.2) is 12.1 Å². The Morgan fingerprint density at radius 2 is 2.29 bits per heavy atom. The van der Waals surface area contributed by atoms with Gasteiger partial charge in [0.05, 0.1) is 12.6 Å². The number of amides is 1. The number of nitrogens with one attached hydrogen (secondary N) is 1. The molecule has 2 rings (SSSR count). The Morgan fingerprint density at radius 1 is 1.65 bits per heavy atom. The van der Waals surface area contributed by atoms with Gasteiger partial charge in [0.15, 0.2) is 5.69 Å². The minimum absolute atomic E-state index is 0.0844. The lowest BCUT2D eigenvalue weighted by Gasteiger charge is -2.12. The number of aromatic nitrogens is 1. The molecule has 0 saturated heterocycles. The molecule has 1 saturated carbocycles. The van der Waals surface area contributed by atoms with E-state index in [1.165, 1.54) is 23.7 Å². The zero-order chi connectivity index (χ0) is 12.6. The summed E-state index contributed by atoms with van der Waals surface area (Å²) >= 11 is 3.35. The van der Waals surface area contributed by atoms with Crippen LogP contribution in [0.5, 0.6) is 0 Å². The third-order valence-corrected chi connectivity index (χ3v) is 4.08. The number of hydrogen-bond acceptors (Lipinski definition) is 3. The van der Waals surface area contributed by atoms with Gasteiger partial charge in [0.2, 0.25) is 0 Å². The van der Waals surface area contributed by atoms with Gasteiger partial charge in [0.25, 0.3) is 5.91 Å². The topological polar surface area (TPSA) is 77.2 Å². The summed E-state index contributed by atoms with van der Waals surface area (Å²) in [5, 5.41) is 14.3. The zero-order valence-corrected chi connectivity index (χ0v) is 10.9. The lowest BCUT2D eigenvalue weighted by molar-refractivity contribution is -0.391. The number of hydrogen-bond donors (Lipinski definition) is 1. The van der Waals surface area contributed by atoms with E-state index in [0.29, 0.717) is 11.0 Å². The minimum atomic E-state index is -0.506. The highest BCUT2D eigenvalue weighted by Crippen LogP contribution is 2.37. The smallest absolute Gasteiger partial charge is 0.323 e. The second-order valence-corrected chi connectivity index (χ2v) is 4.82. The molecule has 1 amide bonds. The Morgan fingerprint density at radius 3 is 2.71 bits per heavy atom. The lowest BCUT2D eigenvalue weighted by atomic mass is 10.3. The molecule has 0 spiro atoms. The highest BCUT2D eigenvalue weighted by molar-refractivity contribution is 9.09. The van der Waals surface area contributed by atoms with Gasteiger partial charge in [-0.3, -0.25) is 4.79 Å². The average molecular weight is 302 g/mol. The molecule has 0 unspecified atom stereocenters. The summed E-state index contributed by atoms with van der Waals surface area (Å²) < 4.78 is 1.29. The van der Waals surface area contributed by atoms with E-state index in [1.807, 2.05) is 0 Å². The number of alkyl halides is 1. The van der Waals surface area contributed by atoms with Crippen molar-refractivity contribution in [3.05, 3.63) is 27.9 Å². The predicted octanol–water partition coefficient (Wildman–Crippen LogP) is 1.59. The van der Waals surface area contributed by atoms with Crippen LogP contribution in [0.1, 0.15) is 23.3 Å². The normalized spacial score (nSPS) is 16.6. The molecule has 0 aliphatic heterocycles. The molecule has 1 fully saturated rings. The Bertz CT molecular complexity index is 479. The Hall–Kier alpha value is -1.37. The molecule has 1 aromatic rings. The Labute approximate surface area is 106 Å². The third kappa shape index (κ3) is 2.19. The van der Waals surface area contributed by atoms with Gasteiger partial charge in [-0.15, -0.1) is 0 Å². The fourth-order valence-electron chi connectivity index (χ4n) is 1.66. The van der Waals surface area contributed by atoms with Crippen LogP contribution in [0.4, 0.5) is 5.82 Å². The maximum absolute atomic E-state index is 11.9. The van der Waals surface area contributed by atoms with E-state index in [1.54, 1.807) is 0 Å². The van der Waals surface area contributed by atoms with Crippen molar-refractivity contribution in [3.63, 3.8) is 0 Å². The quantitative estimate of drug-likeness (QED) is 0.521. The predicted molar refractivity (Wildman–Crippen MR) is 65.3 cm³/mol. The number of carbonyl (C=O) groups excluding carboxylic acids is 1. The van der Waals surface area contributed by atoms with Crippen molar-refractivity contribution < 1.29 is 9.72 Å². The van der Waals surface area contributed by atoms with Crippen LogP contribution in [0.3, 0.4) is 0 Å². The standard InChI is InChI=1S/C10H12BrN3O3/c1-13-7(2-3-8(13)14(16)17)9(15)12-10(6-11)4-5-10/h2-3H,4-6H2,1H3,(H,12,15). The molecule has 1 aromatic heterocycles. The summed E-state index contributed by atoms with van der Waals surface area (Å²) in [4.78, 5) is 22.1. The van der Waals surface area contributed by atoms with Crippen molar-refractivity contribution in [1.82, 2.24) is 9.88 Å². The first-order valence-corrected chi connectivity index (χ1v) is 6.30. The van der Waals surface area contributed by atoms with Gasteiger partial charge in [0, 0.05) is 11.4 Å². The fourth-order valence-corrected chi connectivity index (χ4v) is 2.36. The van der Waals surface area contributed by atoms with E-state index in [4.69, 9.17) is 0 Å². The highest BCUT2D eigenvalue weighted by atomic mass is 79.9. The number of nitro groups is 1. The summed E-state index contributed by atoms with van der Waals surface area (Å²) in [5.74, 6) is -0.351. The van der Waals surface area contributed by atoms with Crippen LogP contribution >= 0.6 is 15.9 Å². The SMILES string of the molecule is Cn1c(C(=O)NC2(CBr)CC2)ccc1[N+](=O)[O-]. The molecule has 7 heteroatoms. The molecule has 1 N–H and O–H groups in total. The molecule has 0 bridgehead atoms. The molecule has 92 valence electrons. The summed E-state index contributed by atoms with van der Waals surface area (Å²) in [6.45, 7) is 0. The summed E-state index contributed by atoms with van der Waals surface area (Å²) in [5.41, 5.74) is 0.153. The van der Waals surface area contributed by atoms with E-state index in [-0.39, 0.29) is 17.3 Å². The van der Waals surface area contributed by atoms with Gasteiger partial charge >= 0.3 is 5.82 Å². The van der Waals surface area contributed by atoms with Crippen LogP contribution in [0, 0.1) is 10.1 Å². The molecule has 1 aliphatic rings. The first-order valence-electron chi connectivity index (χ1n) is 5.18. The first-order chi connectivity index (χ1) is 7.99. The third-order valence-electron chi connectivity index (χ3n) is 3.00. The average Bonchev–Trinajstić information content (AvgIpc) is 2.93. The van der Waals surface area contributed by atoms with Crippen molar-refractivity contribution >= 4 is 27.7 Å². The van der Waals surface area contributed by atoms with E-state index in [9.17, 15) is 14.9 Å². The monoisotopic (exact) mass is 301 g/mol. The summed E-state index contributed by atoms with van der Waals surface area (Å²) in [7, 11) is 1.51. The van der Waals surface area contributed by atoms with E-state index < -0.39 is 4.92 Å². The molecule has 6 nitrogen and oxygen atoms in total. The van der Waals surface area contributed by atoms with Crippen LogP contribution in [-0.4, -0.2) is 26.3 Å². The molecule has 17 heavy (non-hydrogen) atoms. The number of carbonyl (C=O) groups is 1. The number of halogens is 1. The maximum Gasteiger partial charge on any atom is 0.323 e. The number of rotatable bonds is 4. The lowest BCUT2D eigenvalue weighted by Crippen LogP contribution is -2.38.